The van der Waals surface area contributed by atoms with Gasteiger partial charge in [-0.2, -0.15) is 0 Å². The molecule has 0 fully saturated rings. The summed E-state index contributed by atoms with van der Waals surface area (Å²) in [6.07, 6.45) is -0.0634. The number of carboxylic acid groups (broad SMARTS) is 1. The Hall–Kier alpha value is -1.35. The topological polar surface area (TPSA) is 54.4 Å². The number of aliphatic carboxylic acids is 1. The minimum absolute atomic E-state index is 0.0634. The summed E-state index contributed by atoms with van der Waals surface area (Å²) in [6, 6.07) is 7.14. The van der Waals surface area contributed by atoms with Gasteiger partial charge in [-0.05, 0) is 17.0 Å². The van der Waals surface area contributed by atoms with Crippen LogP contribution in [0.5, 0.6) is 0 Å². The second-order valence-electron chi connectivity index (χ2n) is 4.27. The van der Waals surface area contributed by atoms with E-state index in [1.54, 1.807) is 32.0 Å². The molecule has 0 radical (unpaired) electrons. The number of ketones is 1. The SMILES string of the molecule is CC(C)(CC(=O)C(=O)O)c1ccccc1Cl. The summed E-state index contributed by atoms with van der Waals surface area (Å²) in [4.78, 5) is 21.7. The van der Waals surface area contributed by atoms with Crippen LogP contribution in [-0.4, -0.2) is 16.9 Å². The van der Waals surface area contributed by atoms with Gasteiger partial charge in [0.1, 0.15) is 0 Å². The van der Waals surface area contributed by atoms with E-state index in [1.807, 2.05) is 6.07 Å². The maximum Gasteiger partial charge on any atom is 0.372 e. The summed E-state index contributed by atoms with van der Waals surface area (Å²) in [7, 11) is 0. The predicted molar refractivity (Wildman–Crippen MR) is 61.7 cm³/mol. The number of carboxylic acids is 1. The van der Waals surface area contributed by atoms with Crippen molar-refractivity contribution in [1.29, 1.82) is 0 Å². The highest BCUT2D eigenvalue weighted by Gasteiger charge is 2.28. The van der Waals surface area contributed by atoms with E-state index in [4.69, 9.17) is 16.7 Å². The van der Waals surface area contributed by atoms with Gasteiger partial charge < -0.3 is 5.11 Å². The lowest BCUT2D eigenvalue weighted by Crippen LogP contribution is -2.26. The zero-order chi connectivity index (χ0) is 12.3. The first-order valence-corrected chi connectivity index (χ1v) is 5.23. The molecule has 16 heavy (non-hydrogen) atoms. The highest BCUT2D eigenvalue weighted by atomic mass is 35.5. The van der Waals surface area contributed by atoms with Gasteiger partial charge in [0.05, 0.1) is 0 Å². The number of benzene rings is 1. The number of rotatable bonds is 4. The van der Waals surface area contributed by atoms with E-state index >= 15 is 0 Å². The van der Waals surface area contributed by atoms with Crippen LogP contribution in [-0.2, 0) is 15.0 Å². The van der Waals surface area contributed by atoms with E-state index in [-0.39, 0.29) is 6.42 Å². The summed E-state index contributed by atoms with van der Waals surface area (Å²) in [5.74, 6) is -2.20. The Morgan fingerprint density at radius 2 is 1.88 bits per heavy atom. The molecule has 1 rings (SSSR count). The first-order chi connectivity index (χ1) is 7.34. The molecule has 86 valence electrons. The zero-order valence-electron chi connectivity index (χ0n) is 9.16. The average molecular weight is 241 g/mol. The maximum atomic E-state index is 11.2. The largest absolute Gasteiger partial charge is 0.476 e. The van der Waals surface area contributed by atoms with E-state index < -0.39 is 17.2 Å². The van der Waals surface area contributed by atoms with Crippen LogP contribution in [0.25, 0.3) is 0 Å². The lowest BCUT2D eigenvalue weighted by Gasteiger charge is -2.24. The molecule has 1 aromatic carbocycles. The average Bonchev–Trinajstić information content (AvgIpc) is 2.17. The molecule has 0 saturated heterocycles. The van der Waals surface area contributed by atoms with Gasteiger partial charge in [-0.3, -0.25) is 4.79 Å². The second kappa shape index (κ2) is 4.66. The van der Waals surface area contributed by atoms with Crippen molar-refractivity contribution in [3.8, 4) is 0 Å². The fourth-order valence-corrected chi connectivity index (χ4v) is 1.97. The third-order valence-electron chi connectivity index (χ3n) is 2.44. The fourth-order valence-electron chi connectivity index (χ4n) is 1.58. The number of Topliss-reactive ketones (excluding diaryl/α,β-unsaturated/α-hetero) is 1. The van der Waals surface area contributed by atoms with Crippen LogP contribution in [0.15, 0.2) is 24.3 Å². The van der Waals surface area contributed by atoms with Crippen LogP contribution in [0.2, 0.25) is 5.02 Å². The van der Waals surface area contributed by atoms with Crippen molar-refractivity contribution < 1.29 is 14.7 Å². The van der Waals surface area contributed by atoms with Gasteiger partial charge in [0.2, 0.25) is 5.78 Å². The summed E-state index contributed by atoms with van der Waals surface area (Å²) in [6.45, 7) is 3.60. The Balaban J connectivity index is 2.98. The van der Waals surface area contributed by atoms with Crippen molar-refractivity contribution in [3.63, 3.8) is 0 Å². The monoisotopic (exact) mass is 240 g/mol. The first-order valence-electron chi connectivity index (χ1n) is 4.86. The maximum absolute atomic E-state index is 11.2. The Bertz CT molecular complexity index is 424. The molecule has 0 unspecified atom stereocenters. The number of hydrogen-bond donors (Lipinski definition) is 1. The summed E-state index contributed by atoms with van der Waals surface area (Å²) in [5, 5.41) is 9.13. The molecule has 0 atom stereocenters. The fraction of sp³-hybridized carbons (Fsp3) is 0.333. The van der Waals surface area contributed by atoms with Crippen LogP contribution in [0.1, 0.15) is 25.8 Å². The minimum atomic E-state index is -1.40. The van der Waals surface area contributed by atoms with Crippen molar-refractivity contribution in [2.75, 3.05) is 0 Å². The molecule has 0 aromatic heterocycles. The van der Waals surface area contributed by atoms with Crippen LogP contribution in [0.4, 0.5) is 0 Å². The van der Waals surface area contributed by atoms with Crippen molar-refractivity contribution in [3.05, 3.63) is 34.9 Å². The van der Waals surface area contributed by atoms with E-state index in [0.717, 1.165) is 5.56 Å². The zero-order valence-corrected chi connectivity index (χ0v) is 9.91. The highest BCUT2D eigenvalue weighted by Crippen LogP contribution is 2.32. The van der Waals surface area contributed by atoms with Gasteiger partial charge in [-0.15, -0.1) is 0 Å². The molecule has 4 heteroatoms. The van der Waals surface area contributed by atoms with Gasteiger partial charge in [-0.25, -0.2) is 4.79 Å². The number of halogens is 1. The lowest BCUT2D eigenvalue weighted by atomic mass is 9.80. The van der Waals surface area contributed by atoms with Crippen molar-refractivity contribution in [2.24, 2.45) is 0 Å². The van der Waals surface area contributed by atoms with Crippen LogP contribution < -0.4 is 0 Å². The number of carbonyl (C=O) groups excluding carboxylic acids is 1. The Kier molecular flexibility index (Phi) is 3.70. The molecule has 0 saturated carbocycles. The molecule has 0 aliphatic carbocycles. The molecule has 0 aliphatic rings. The lowest BCUT2D eigenvalue weighted by molar-refractivity contribution is -0.149. The molecule has 0 bridgehead atoms. The van der Waals surface area contributed by atoms with Gasteiger partial charge >= 0.3 is 5.97 Å². The van der Waals surface area contributed by atoms with Gasteiger partial charge in [-0.1, -0.05) is 43.6 Å². The molecule has 0 aliphatic heterocycles. The van der Waals surface area contributed by atoms with E-state index in [1.165, 1.54) is 0 Å². The van der Waals surface area contributed by atoms with Gasteiger partial charge in [0.15, 0.2) is 0 Å². The standard InChI is InChI=1S/C12H13ClO3/c1-12(2,7-10(14)11(15)16)8-5-3-4-6-9(8)13/h3-6H,7H2,1-2H3,(H,15,16). The number of carbonyl (C=O) groups is 2. The van der Waals surface area contributed by atoms with E-state index in [9.17, 15) is 9.59 Å². The molecular weight excluding hydrogens is 228 g/mol. The Labute approximate surface area is 99.0 Å². The van der Waals surface area contributed by atoms with Gasteiger partial charge in [0.25, 0.3) is 0 Å². The summed E-state index contributed by atoms with van der Waals surface area (Å²) in [5.41, 5.74) is 0.208. The molecule has 0 amide bonds. The Morgan fingerprint density at radius 3 is 2.38 bits per heavy atom. The van der Waals surface area contributed by atoms with Crippen molar-refractivity contribution >= 4 is 23.4 Å². The molecule has 0 spiro atoms. The molecule has 1 aromatic rings. The third-order valence-corrected chi connectivity index (χ3v) is 2.77. The second-order valence-corrected chi connectivity index (χ2v) is 4.68. The normalized spacial score (nSPS) is 11.2. The van der Waals surface area contributed by atoms with Gasteiger partial charge in [0, 0.05) is 11.4 Å². The van der Waals surface area contributed by atoms with Crippen LogP contribution in [0, 0.1) is 0 Å². The number of hydrogen-bond acceptors (Lipinski definition) is 2. The Morgan fingerprint density at radius 1 is 1.31 bits per heavy atom. The smallest absolute Gasteiger partial charge is 0.372 e. The molecule has 1 N–H and O–H groups in total. The molecule has 3 nitrogen and oxygen atoms in total. The predicted octanol–water partition coefficient (Wildman–Crippen LogP) is 2.66. The van der Waals surface area contributed by atoms with Crippen molar-refractivity contribution in [1.82, 2.24) is 0 Å². The quantitative estimate of drug-likeness (QED) is 0.824. The molecular formula is C12H13ClO3. The van der Waals surface area contributed by atoms with Crippen LogP contribution >= 0.6 is 11.6 Å². The first kappa shape index (κ1) is 12.7. The third kappa shape index (κ3) is 2.83. The minimum Gasteiger partial charge on any atom is -0.476 e. The van der Waals surface area contributed by atoms with E-state index in [0.29, 0.717) is 5.02 Å². The molecule has 0 heterocycles. The summed E-state index contributed by atoms with van der Waals surface area (Å²) >= 11 is 6.01. The van der Waals surface area contributed by atoms with Crippen molar-refractivity contribution in [2.45, 2.75) is 25.7 Å². The highest BCUT2D eigenvalue weighted by molar-refractivity contribution is 6.33. The van der Waals surface area contributed by atoms with Crippen LogP contribution in [0.3, 0.4) is 0 Å². The summed E-state index contributed by atoms with van der Waals surface area (Å²) < 4.78 is 0. The van der Waals surface area contributed by atoms with E-state index in [2.05, 4.69) is 0 Å².